The van der Waals surface area contributed by atoms with Crippen LogP contribution in [0.2, 0.25) is 0 Å². The van der Waals surface area contributed by atoms with Gasteiger partial charge in [-0.3, -0.25) is 9.36 Å². The first-order chi connectivity index (χ1) is 9.00. The van der Waals surface area contributed by atoms with Crippen LogP contribution in [-0.2, 0) is 0 Å². The van der Waals surface area contributed by atoms with Crippen LogP contribution in [0.4, 0.5) is 0 Å². The van der Waals surface area contributed by atoms with Gasteiger partial charge in [0.25, 0.3) is 5.56 Å². The molecule has 0 saturated heterocycles. The van der Waals surface area contributed by atoms with Crippen LogP contribution in [0.25, 0.3) is 10.9 Å². The van der Waals surface area contributed by atoms with Crippen molar-refractivity contribution in [2.45, 2.75) is 39.2 Å². The molecule has 0 amide bonds. The third-order valence-corrected chi connectivity index (χ3v) is 4.65. The van der Waals surface area contributed by atoms with Gasteiger partial charge in [-0.15, -0.1) is 0 Å². The predicted molar refractivity (Wildman–Crippen MR) is 80.1 cm³/mol. The van der Waals surface area contributed by atoms with E-state index in [4.69, 9.17) is 12.2 Å². The number of hydrogen-bond donors (Lipinski definition) is 1. The summed E-state index contributed by atoms with van der Waals surface area (Å²) in [7, 11) is 0. The molecule has 1 heterocycles. The van der Waals surface area contributed by atoms with E-state index >= 15 is 0 Å². The van der Waals surface area contributed by atoms with Gasteiger partial charge in [-0.2, -0.15) is 0 Å². The van der Waals surface area contributed by atoms with Crippen molar-refractivity contribution in [1.82, 2.24) is 9.55 Å². The van der Waals surface area contributed by atoms with E-state index in [1.807, 2.05) is 24.3 Å². The number of nitrogens with one attached hydrogen (secondary N) is 1. The highest BCUT2D eigenvalue weighted by Crippen LogP contribution is 2.45. The van der Waals surface area contributed by atoms with Crippen LogP contribution in [0, 0.1) is 10.2 Å². The molecule has 19 heavy (non-hydrogen) atoms. The van der Waals surface area contributed by atoms with Gasteiger partial charge >= 0.3 is 0 Å². The van der Waals surface area contributed by atoms with Crippen LogP contribution in [0.3, 0.4) is 0 Å². The average Bonchev–Trinajstić information content (AvgIpc) is 2.69. The zero-order valence-corrected chi connectivity index (χ0v) is 12.1. The maximum Gasteiger partial charge on any atom is 0.262 e. The first-order valence-electron chi connectivity index (χ1n) is 6.74. The van der Waals surface area contributed by atoms with Crippen molar-refractivity contribution in [2.75, 3.05) is 0 Å². The normalized spacial score (nSPS) is 21.9. The fourth-order valence-corrected chi connectivity index (χ4v) is 3.57. The van der Waals surface area contributed by atoms with Crippen molar-refractivity contribution in [1.29, 1.82) is 0 Å². The lowest BCUT2D eigenvalue weighted by atomic mass is 9.87. The summed E-state index contributed by atoms with van der Waals surface area (Å²) in [5, 5.41) is 0.721. The first-order valence-corrected chi connectivity index (χ1v) is 7.15. The number of rotatable bonds is 1. The maximum absolute atomic E-state index is 12.7. The lowest BCUT2D eigenvalue weighted by Gasteiger charge is -2.28. The van der Waals surface area contributed by atoms with Crippen LogP contribution >= 0.6 is 12.2 Å². The third-order valence-electron chi connectivity index (χ3n) is 4.35. The molecule has 0 bridgehead atoms. The van der Waals surface area contributed by atoms with Crippen LogP contribution in [-0.4, -0.2) is 9.55 Å². The Morgan fingerprint density at radius 2 is 2.11 bits per heavy atom. The molecule has 1 aromatic carbocycles. The van der Waals surface area contributed by atoms with E-state index in [9.17, 15) is 4.79 Å². The molecular formula is C15H18N2OS. The summed E-state index contributed by atoms with van der Waals surface area (Å²) in [6.45, 7) is 4.45. The van der Waals surface area contributed by atoms with Gasteiger partial charge in [0.2, 0.25) is 0 Å². The largest absolute Gasteiger partial charge is 0.332 e. The van der Waals surface area contributed by atoms with E-state index < -0.39 is 0 Å². The molecule has 0 radical (unpaired) electrons. The zero-order chi connectivity index (χ0) is 13.6. The Morgan fingerprint density at radius 1 is 1.37 bits per heavy atom. The fourth-order valence-electron chi connectivity index (χ4n) is 3.25. The molecule has 100 valence electrons. The maximum atomic E-state index is 12.7. The summed E-state index contributed by atoms with van der Waals surface area (Å²) in [5.41, 5.74) is 0.997. The predicted octanol–water partition coefficient (Wildman–Crippen LogP) is 3.81. The summed E-state index contributed by atoms with van der Waals surface area (Å²) >= 11 is 5.41. The Balaban J connectivity index is 2.31. The Morgan fingerprint density at radius 3 is 2.79 bits per heavy atom. The molecule has 4 heteroatoms. The summed E-state index contributed by atoms with van der Waals surface area (Å²) in [6, 6.07) is 7.77. The molecule has 3 rings (SSSR count). The minimum Gasteiger partial charge on any atom is -0.332 e. The minimum absolute atomic E-state index is 0.0410. The summed E-state index contributed by atoms with van der Waals surface area (Å²) < 4.78 is 2.34. The van der Waals surface area contributed by atoms with E-state index in [1.54, 1.807) is 4.57 Å². The topological polar surface area (TPSA) is 37.8 Å². The van der Waals surface area contributed by atoms with Crippen LogP contribution < -0.4 is 5.56 Å². The quantitative estimate of drug-likeness (QED) is 0.803. The Hall–Kier alpha value is -1.42. The Kier molecular flexibility index (Phi) is 2.86. The second-order valence-corrected chi connectivity index (χ2v) is 6.43. The van der Waals surface area contributed by atoms with Crippen LogP contribution in [0.1, 0.15) is 39.2 Å². The van der Waals surface area contributed by atoms with Crippen molar-refractivity contribution < 1.29 is 0 Å². The van der Waals surface area contributed by atoms with E-state index in [0.717, 1.165) is 30.2 Å². The van der Waals surface area contributed by atoms with E-state index in [2.05, 4.69) is 18.8 Å². The Labute approximate surface area is 117 Å². The molecule has 2 aromatic rings. The molecule has 1 atom stereocenters. The lowest BCUT2D eigenvalue weighted by Crippen LogP contribution is -2.32. The number of benzene rings is 1. The van der Waals surface area contributed by atoms with Gasteiger partial charge in [-0.25, -0.2) is 0 Å². The van der Waals surface area contributed by atoms with E-state index in [0.29, 0.717) is 4.77 Å². The molecule has 3 nitrogen and oxygen atoms in total. The number of fused-ring (bicyclic) bond motifs is 1. The monoisotopic (exact) mass is 274 g/mol. The fraction of sp³-hybridized carbons (Fsp3) is 0.467. The highest BCUT2D eigenvalue weighted by molar-refractivity contribution is 7.71. The molecule has 1 N–H and O–H groups in total. The van der Waals surface area contributed by atoms with Gasteiger partial charge in [0.05, 0.1) is 10.9 Å². The molecule has 1 saturated carbocycles. The molecule has 0 spiro atoms. The average molecular weight is 274 g/mol. The smallest absolute Gasteiger partial charge is 0.262 e. The van der Waals surface area contributed by atoms with E-state index in [1.165, 1.54) is 0 Å². The number of aromatic amines is 1. The van der Waals surface area contributed by atoms with Gasteiger partial charge in [-0.1, -0.05) is 32.4 Å². The van der Waals surface area contributed by atoms with Crippen molar-refractivity contribution >= 4 is 23.1 Å². The number of aromatic nitrogens is 2. The summed E-state index contributed by atoms with van der Waals surface area (Å²) in [4.78, 5) is 15.9. The summed E-state index contributed by atoms with van der Waals surface area (Å²) in [5.74, 6) is 0. The van der Waals surface area contributed by atoms with Gasteiger partial charge in [0, 0.05) is 6.04 Å². The van der Waals surface area contributed by atoms with Crippen LogP contribution in [0.15, 0.2) is 29.1 Å². The molecule has 1 unspecified atom stereocenters. The van der Waals surface area contributed by atoms with Gasteiger partial charge in [0.1, 0.15) is 0 Å². The number of hydrogen-bond acceptors (Lipinski definition) is 2. The van der Waals surface area contributed by atoms with Crippen molar-refractivity contribution in [3.8, 4) is 0 Å². The van der Waals surface area contributed by atoms with Gasteiger partial charge in [-0.05, 0) is 42.6 Å². The minimum atomic E-state index is 0.0410. The SMILES string of the molecule is CC1(C)CCCC1n1c(=S)[nH]c2ccccc2c1=O. The van der Waals surface area contributed by atoms with Gasteiger partial charge < -0.3 is 4.98 Å². The van der Waals surface area contributed by atoms with Gasteiger partial charge in [0.15, 0.2) is 4.77 Å². The second kappa shape index (κ2) is 4.30. The molecule has 0 aliphatic heterocycles. The van der Waals surface area contributed by atoms with Crippen LogP contribution in [0.5, 0.6) is 0 Å². The molecular weight excluding hydrogens is 256 g/mol. The number of para-hydroxylation sites is 1. The molecule has 1 aromatic heterocycles. The second-order valence-electron chi connectivity index (χ2n) is 6.05. The first kappa shape index (κ1) is 12.6. The Bertz CT molecular complexity index is 742. The standard InChI is InChI=1S/C15H18N2OS/c1-15(2)9-5-8-12(15)17-13(18)10-6-3-4-7-11(10)16-14(17)19/h3-4,6-7,12H,5,8-9H2,1-2H3,(H,16,19). The number of H-pyrrole nitrogens is 1. The van der Waals surface area contributed by atoms with E-state index in [-0.39, 0.29) is 17.0 Å². The highest BCUT2D eigenvalue weighted by atomic mass is 32.1. The molecule has 1 aliphatic rings. The molecule has 1 fully saturated rings. The molecule has 1 aliphatic carbocycles. The zero-order valence-electron chi connectivity index (χ0n) is 11.3. The van der Waals surface area contributed by atoms with Crippen molar-refractivity contribution in [3.05, 3.63) is 39.4 Å². The number of nitrogens with zero attached hydrogens (tertiary/aromatic N) is 1. The van der Waals surface area contributed by atoms with Crippen molar-refractivity contribution in [3.63, 3.8) is 0 Å². The summed E-state index contributed by atoms with van der Waals surface area (Å²) in [6.07, 6.45) is 3.33. The highest BCUT2D eigenvalue weighted by Gasteiger charge is 2.36. The van der Waals surface area contributed by atoms with Crippen molar-refractivity contribution in [2.24, 2.45) is 5.41 Å². The third kappa shape index (κ3) is 1.94. The lowest BCUT2D eigenvalue weighted by molar-refractivity contribution is 0.253.